The second kappa shape index (κ2) is 5.62. The lowest BCUT2D eigenvalue weighted by atomic mass is 9.99. The predicted molar refractivity (Wildman–Crippen MR) is 51.2 cm³/mol. The minimum absolute atomic E-state index is 0.0102. The van der Waals surface area contributed by atoms with E-state index >= 15 is 0 Å². The number of ether oxygens (including phenoxy) is 2. The van der Waals surface area contributed by atoms with Crippen molar-refractivity contribution in [2.24, 2.45) is 5.41 Å². The Kier molecular flexibility index (Phi) is 5.19. The maximum Gasteiger partial charge on any atom is 0.344 e. The van der Waals surface area contributed by atoms with Gasteiger partial charge in [0, 0.05) is 0 Å². The van der Waals surface area contributed by atoms with E-state index in [4.69, 9.17) is 9.47 Å². The summed E-state index contributed by atoms with van der Waals surface area (Å²) in [6, 6.07) is 0. The summed E-state index contributed by atoms with van der Waals surface area (Å²) in [5.41, 5.74) is 0.0102. The van der Waals surface area contributed by atoms with E-state index in [2.05, 4.69) is 0 Å². The summed E-state index contributed by atoms with van der Waals surface area (Å²) in [4.78, 5) is 11.0. The molecule has 0 aromatic heterocycles. The first-order valence-corrected chi connectivity index (χ1v) is 4.34. The van der Waals surface area contributed by atoms with E-state index in [0.717, 1.165) is 0 Å². The van der Waals surface area contributed by atoms with Gasteiger partial charge >= 0.3 is 5.97 Å². The minimum atomic E-state index is -0.326. The fourth-order valence-corrected chi connectivity index (χ4v) is 0.551. The van der Waals surface area contributed by atoms with Gasteiger partial charge in [-0.2, -0.15) is 0 Å². The van der Waals surface area contributed by atoms with Crippen LogP contribution in [0.25, 0.3) is 0 Å². The summed E-state index contributed by atoms with van der Waals surface area (Å²) in [7, 11) is 0. The molecule has 0 aromatic carbocycles. The molecule has 0 rings (SSSR count). The highest BCUT2D eigenvalue weighted by molar-refractivity contribution is 5.70. The third-order valence-corrected chi connectivity index (χ3v) is 1.10. The van der Waals surface area contributed by atoms with Crippen LogP contribution in [0.15, 0.2) is 12.3 Å². The summed E-state index contributed by atoms with van der Waals surface area (Å²) in [5, 5.41) is 0. The van der Waals surface area contributed by atoms with Crippen LogP contribution in [0.2, 0.25) is 0 Å². The van der Waals surface area contributed by atoms with Crippen molar-refractivity contribution in [3.8, 4) is 0 Å². The molecule has 0 aliphatic rings. The molecule has 0 atom stereocenters. The molecule has 0 aliphatic carbocycles. The van der Waals surface area contributed by atoms with Crippen molar-refractivity contribution in [3.05, 3.63) is 12.3 Å². The van der Waals surface area contributed by atoms with Crippen molar-refractivity contribution in [3.63, 3.8) is 0 Å². The van der Waals surface area contributed by atoms with Gasteiger partial charge < -0.3 is 9.47 Å². The number of hydrogen-bond donors (Lipinski definition) is 0. The van der Waals surface area contributed by atoms with Crippen molar-refractivity contribution in [1.29, 1.82) is 0 Å². The number of hydrogen-bond acceptors (Lipinski definition) is 3. The van der Waals surface area contributed by atoms with Crippen LogP contribution < -0.4 is 0 Å². The zero-order valence-electron chi connectivity index (χ0n) is 8.79. The van der Waals surface area contributed by atoms with Crippen LogP contribution in [0.4, 0.5) is 0 Å². The van der Waals surface area contributed by atoms with Crippen LogP contribution in [-0.4, -0.2) is 19.2 Å². The van der Waals surface area contributed by atoms with Gasteiger partial charge in [-0.15, -0.1) is 0 Å². The molecule has 0 spiro atoms. The van der Waals surface area contributed by atoms with Crippen molar-refractivity contribution >= 4 is 5.97 Å². The van der Waals surface area contributed by atoms with Crippen molar-refractivity contribution in [2.75, 3.05) is 13.2 Å². The standard InChI is InChI=1S/C10H18O3/c1-5-6-12-7-9(11)13-8-10(2,3)4/h5-6H,7-8H2,1-4H3/b6-5+. The van der Waals surface area contributed by atoms with Crippen LogP contribution in [0.5, 0.6) is 0 Å². The Morgan fingerprint density at radius 3 is 2.46 bits per heavy atom. The Balaban J connectivity index is 3.52. The van der Waals surface area contributed by atoms with Crippen LogP contribution in [0, 0.1) is 5.41 Å². The number of carbonyl (C=O) groups is 1. The molecule has 13 heavy (non-hydrogen) atoms. The summed E-state index contributed by atoms with van der Waals surface area (Å²) < 4.78 is 9.81. The van der Waals surface area contributed by atoms with Gasteiger partial charge in [0.15, 0.2) is 6.61 Å². The zero-order valence-corrected chi connectivity index (χ0v) is 8.79. The van der Waals surface area contributed by atoms with E-state index in [-0.39, 0.29) is 18.0 Å². The maximum absolute atomic E-state index is 11.0. The van der Waals surface area contributed by atoms with Gasteiger partial charge in [-0.05, 0) is 12.3 Å². The molecular weight excluding hydrogens is 168 g/mol. The van der Waals surface area contributed by atoms with E-state index in [9.17, 15) is 4.79 Å². The van der Waals surface area contributed by atoms with Crippen LogP contribution in [-0.2, 0) is 14.3 Å². The first-order chi connectivity index (χ1) is 5.95. The second-order valence-corrected chi connectivity index (χ2v) is 4.00. The molecule has 0 aliphatic heterocycles. The summed E-state index contributed by atoms with van der Waals surface area (Å²) in [6.45, 7) is 8.25. The monoisotopic (exact) mass is 186 g/mol. The van der Waals surface area contributed by atoms with E-state index in [1.54, 1.807) is 6.08 Å². The Bertz CT molecular complexity index is 177. The van der Waals surface area contributed by atoms with Crippen LogP contribution >= 0.6 is 0 Å². The Morgan fingerprint density at radius 1 is 1.38 bits per heavy atom. The van der Waals surface area contributed by atoms with Crippen molar-refractivity contribution < 1.29 is 14.3 Å². The van der Waals surface area contributed by atoms with Gasteiger partial charge in [-0.25, -0.2) is 4.79 Å². The molecule has 3 heteroatoms. The molecule has 0 amide bonds. The zero-order chi connectivity index (χ0) is 10.3. The van der Waals surface area contributed by atoms with Gasteiger partial charge in [0.25, 0.3) is 0 Å². The van der Waals surface area contributed by atoms with Crippen LogP contribution in [0.3, 0.4) is 0 Å². The number of rotatable bonds is 4. The first kappa shape index (κ1) is 12.0. The van der Waals surface area contributed by atoms with Crippen LogP contribution in [0.1, 0.15) is 27.7 Å². The summed E-state index contributed by atoms with van der Waals surface area (Å²) in [6.07, 6.45) is 3.19. The lowest BCUT2D eigenvalue weighted by molar-refractivity contribution is -0.149. The topological polar surface area (TPSA) is 35.5 Å². The summed E-state index contributed by atoms with van der Waals surface area (Å²) in [5.74, 6) is -0.326. The molecule has 0 saturated carbocycles. The minimum Gasteiger partial charge on any atom is -0.490 e. The van der Waals surface area contributed by atoms with Gasteiger partial charge in [0.2, 0.25) is 0 Å². The number of esters is 1. The quantitative estimate of drug-likeness (QED) is 0.498. The molecule has 0 aromatic rings. The molecule has 0 saturated heterocycles. The fourth-order valence-electron chi connectivity index (χ4n) is 0.551. The highest BCUT2D eigenvalue weighted by Crippen LogP contribution is 2.12. The normalized spacial score (nSPS) is 11.7. The predicted octanol–water partition coefficient (Wildman–Crippen LogP) is 2.13. The van der Waals surface area contributed by atoms with Gasteiger partial charge in [0.05, 0.1) is 12.9 Å². The second-order valence-electron chi connectivity index (χ2n) is 4.00. The molecule has 0 unspecified atom stereocenters. The third kappa shape index (κ3) is 8.92. The highest BCUT2D eigenvalue weighted by Gasteiger charge is 2.13. The fraction of sp³-hybridized carbons (Fsp3) is 0.700. The Morgan fingerprint density at radius 2 is 2.00 bits per heavy atom. The lowest BCUT2D eigenvalue weighted by Crippen LogP contribution is -2.20. The lowest BCUT2D eigenvalue weighted by Gasteiger charge is -2.17. The number of allylic oxidation sites excluding steroid dienone is 1. The first-order valence-electron chi connectivity index (χ1n) is 4.34. The smallest absolute Gasteiger partial charge is 0.344 e. The Hall–Kier alpha value is -0.990. The molecular formula is C10H18O3. The van der Waals surface area contributed by atoms with E-state index in [0.29, 0.717) is 6.61 Å². The average molecular weight is 186 g/mol. The average Bonchev–Trinajstić information content (AvgIpc) is 2.00. The van der Waals surface area contributed by atoms with E-state index < -0.39 is 0 Å². The van der Waals surface area contributed by atoms with Crippen molar-refractivity contribution in [2.45, 2.75) is 27.7 Å². The highest BCUT2D eigenvalue weighted by atomic mass is 16.6. The largest absolute Gasteiger partial charge is 0.490 e. The molecule has 0 bridgehead atoms. The van der Waals surface area contributed by atoms with Gasteiger partial charge in [0.1, 0.15) is 0 Å². The maximum atomic E-state index is 11.0. The van der Waals surface area contributed by atoms with Gasteiger partial charge in [-0.3, -0.25) is 0 Å². The van der Waals surface area contributed by atoms with Gasteiger partial charge in [-0.1, -0.05) is 26.8 Å². The van der Waals surface area contributed by atoms with E-state index in [1.807, 2.05) is 27.7 Å². The summed E-state index contributed by atoms with van der Waals surface area (Å²) >= 11 is 0. The number of carbonyl (C=O) groups excluding carboxylic acids is 1. The molecule has 0 radical (unpaired) electrons. The molecule has 76 valence electrons. The molecule has 3 nitrogen and oxygen atoms in total. The molecule has 0 heterocycles. The molecule has 0 fully saturated rings. The van der Waals surface area contributed by atoms with E-state index in [1.165, 1.54) is 6.26 Å². The third-order valence-electron chi connectivity index (χ3n) is 1.10. The van der Waals surface area contributed by atoms with Crippen molar-refractivity contribution in [1.82, 2.24) is 0 Å². The molecule has 0 N–H and O–H groups in total. The Labute approximate surface area is 79.7 Å². The SMILES string of the molecule is C/C=C/OCC(=O)OCC(C)(C)C.